The van der Waals surface area contributed by atoms with E-state index in [0.717, 1.165) is 19.5 Å². The number of methoxy groups -OCH3 is 1. The first-order valence-electron chi connectivity index (χ1n) is 7.69. The summed E-state index contributed by atoms with van der Waals surface area (Å²) in [6, 6.07) is 1.63. The van der Waals surface area contributed by atoms with E-state index in [-0.39, 0.29) is 11.4 Å². The van der Waals surface area contributed by atoms with Crippen molar-refractivity contribution in [3.8, 4) is 0 Å². The molecule has 1 fully saturated rings. The van der Waals surface area contributed by atoms with Crippen LogP contribution < -0.4 is 10.6 Å². The Kier molecular flexibility index (Phi) is 5.61. The van der Waals surface area contributed by atoms with Gasteiger partial charge in [-0.2, -0.15) is 5.10 Å². The van der Waals surface area contributed by atoms with Gasteiger partial charge in [-0.1, -0.05) is 19.8 Å². The first-order chi connectivity index (χ1) is 10.1. The van der Waals surface area contributed by atoms with Gasteiger partial charge >= 0.3 is 6.03 Å². The minimum absolute atomic E-state index is 0.176. The number of hydrogen-bond acceptors (Lipinski definition) is 3. The molecule has 1 heterocycles. The van der Waals surface area contributed by atoms with Crippen LogP contribution in [-0.2, 0) is 11.3 Å². The Morgan fingerprint density at radius 2 is 2.24 bits per heavy atom. The summed E-state index contributed by atoms with van der Waals surface area (Å²) in [7, 11) is 1.69. The van der Waals surface area contributed by atoms with E-state index in [1.165, 1.54) is 25.7 Å². The number of amides is 2. The molecule has 0 saturated heterocycles. The highest BCUT2D eigenvalue weighted by Gasteiger charge is 2.28. The maximum atomic E-state index is 11.9. The molecule has 0 atom stereocenters. The molecule has 1 aromatic rings. The largest absolute Gasteiger partial charge is 0.385 e. The predicted octanol–water partition coefficient (Wildman–Crippen LogP) is 2.62. The second kappa shape index (κ2) is 7.45. The number of rotatable bonds is 7. The molecule has 1 aromatic heterocycles. The lowest BCUT2D eigenvalue weighted by Gasteiger charge is -2.23. The Morgan fingerprint density at radius 1 is 1.48 bits per heavy atom. The van der Waals surface area contributed by atoms with Crippen LogP contribution in [0, 0.1) is 5.41 Å². The smallest absolute Gasteiger partial charge is 0.320 e. The lowest BCUT2D eigenvalue weighted by molar-refractivity contribution is 0.189. The highest BCUT2D eigenvalue weighted by Crippen LogP contribution is 2.36. The van der Waals surface area contributed by atoms with Crippen LogP contribution in [0.25, 0.3) is 0 Å². The van der Waals surface area contributed by atoms with Gasteiger partial charge in [-0.15, -0.1) is 0 Å². The second-order valence-electron chi connectivity index (χ2n) is 6.14. The molecule has 6 nitrogen and oxygen atoms in total. The zero-order chi connectivity index (χ0) is 15.1. The SMILES string of the molecule is COCCCn1ccc(NC(=O)NCC2(C)CCCC2)n1. The van der Waals surface area contributed by atoms with Gasteiger partial charge in [0.15, 0.2) is 5.82 Å². The van der Waals surface area contributed by atoms with E-state index in [1.54, 1.807) is 7.11 Å². The van der Waals surface area contributed by atoms with Crippen LogP contribution in [0.3, 0.4) is 0 Å². The summed E-state index contributed by atoms with van der Waals surface area (Å²) in [6.45, 7) is 4.47. The lowest BCUT2D eigenvalue weighted by Crippen LogP contribution is -2.36. The molecule has 2 amide bonds. The molecule has 118 valence electrons. The zero-order valence-electron chi connectivity index (χ0n) is 13.0. The maximum absolute atomic E-state index is 11.9. The highest BCUT2D eigenvalue weighted by atomic mass is 16.5. The molecule has 0 bridgehead atoms. The van der Waals surface area contributed by atoms with Gasteiger partial charge in [0.1, 0.15) is 0 Å². The molecule has 6 heteroatoms. The fourth-order valence-corrected chi connectivity index (χ4v) is 2.78. The van der Waals surface area contributed by atoms with Crippen LogP contribution in [0.15, 0.2) is 12.3 Å². The fourth-order valence-electron chi connectivity index (χ4n) is 2.78. The number of carbonyl (C=O) groups excluding carboxylic acids is 1. The summed E-state index contributed by atoms with van der Waals surface area (Å²) in [5, 5.41) is 10.0. The molecule has 0 aromatic carbocycles. The van der Waals surface area contributed by atoms with Crippen LogP contribution in [0.4, 0.5) is 10.6 Å². The van der Waals surface area contributed by atoms with Crippen molar-refractivity contribution in [1.29, 1.82) is 0 Å². The molecule has 1 aliphatic rings. The molecular weight excluding hydrogens is 268 g/mol. The third-order valence-electron chi connectivity index (χ3n) is 4.10. The number of aryl methyl sites for hydroxylation is 1. The van der Waals surface area contributed by atoms with E-state index < -0.39 is 0 Å². The van der Waals surface area contributed by atoms with E-state index in [9.17, 15) is 4.79 Å². The van der Waals surface area contributed by atoms with E-state index >= 15 is 0 Å². The number of nitrogens with one attached hydrogen (secondary N) is 2. The van der Waals surface area contributed by atoms with Crippen molar-refractivity contribution in [3.63, 3.8) is 0 Å². The monoisotopic (exact) mass is 294 g/mol. The Labute approximate surface area is 126 Å². The number of carbonyl (C=O) groups is 1. The van der Waals surface area contributed by atoms with Gasteiger partial charge in [-0.3, -0.25) is 10.00 Å². The van der Waals surface area contributed by atoms with Crippen molar-refractivity contribution < 1.29 is 9.53 Å². The number of ether oxygens (including phenoxy) is 1. The molecular formula is C15H26N4O2. The standard InChI is InChI=1S/C15H26N4O2/c1-15(7-3-4-8-15)12-16-14(20)17-13-6-10-19(18-13)9-5-11-21-2/h6,10H,3-5,7-9,11-12H2,1-2H3,(H2,16,17,18,20). The molecule has 1 saturated carbocycles. The Balaban J connectivity index is 1.72. The van der Waals surface area contributed by atoms with Crippen molar-refractivity contribution >= 4 is 11.8 Å². The van der Waals surface area contributed by atoms with Crippen LogP contribution in [0.2, 0.25) is 0 Å². The summed E-state index contributed by atoms with van der Waals surface area (Å²) in [6.07, 6.45) is 7.70. The Hall–Kier alpha value is -1.56. The van der Waals surface area contributed by atoms with Crippen LogP contribution in [0.5, 0.6) is 0 Å². The number of hydrogen-bond donors (Lipinski definition) is 2. The van der Waals surface area contributed by atoms with Crippen molar-refractivity contribution in [2.45, 2.75) is 45.6 Å². The second-order valence-corrected chi connectivity index (χ2v) is 6.14. The van der Waals surface area contributed by atoms with Crippen molar-refractivity contribution in [2.24, 2.45) is 5.41 Å². The normalized spacial score (nSPS) is 16.9. The molecule has 0 unspecified atom stereocenters. The zero-order valence-corrected chi connectivity index (χ0v) is 13.0. The molecule has 2 N–H and O–H groups in total. The molecule has 0 spiro atoms. The van der Waals surface area contributed by atoms with E-state index in [0.29, 0.717) is 12.4 Å². The summed E-state index contributed by atoms with van der Waals surface area (Å²) < 4.78 is 6.82. The maximum Gasteiger partial charge on any atom is 0.320 e. The number of urea groups is 1. The number of anilines is 1. The molecule has 1 aliphatic carbocycles. The van der Waals surface area contributed by atoms with Crippen molar-refractivity contribution in [1.82, 2.24) is 15.1 Å². The summed E-state index contributed by atoms with van der Waals surface area (Å²) >= 11 is 0. The summed E-state index contributed by atoms with van der Waals surface area (Å²) in [5.41, 5.74) is 0.261. The van der Waals surface area contributed by atoms with Crippen LogP contribution in [-0.4, -0.2) is 36.1 Å². The van der Waals surface area contributed by atoms with E-state index in [2.05, 4.69) is 22.7 Å². The third kappa shape index (κ3) is 5.04. The van der Waals surface area contributed by atoms with Gasteiger partial charge in [0.25, 0.3) is 0 Å². The molecule has 2 rings (SSSR count). The lowest BCUT2D eigenvalue weighted by atomic mass is 9.89. The van der Waals surface area contributed by atoms with Gasteiger partial charge in [-0.05, 0) is 24.7 Å². The molecule has 0 radical (unpaired) electrons. The summed E-state index contributed by atoms with van der Waals surface area (Å²) in [5.74, 6) is 0.585. The van der Waals surface area contributed by atoms with E-state index in [4.69, 9.17) is 4.74 Å². The Morgan fingerprint density at radius 3 is 2.95 bits per heavy atom. The number of nitrogens with zero attached hydrogens (tertiary/aromatic N) is 2. The van der Waals surface area contributed by atoms with Gasteiger partial charge in [0.05, 0.1) is 0 Å². The van der Waals surface area contributed by atoms with Gasteiger partial charge in [0.2, 0.25) is 0 Å². The summed E-state index contributed by atoms with van der Waals surface area (Å²) in [4.78, 5) is 11.9. The Bertz CT molecular complexity index is 452. The van der Waals surface area contributed by atoms with Gasteiger partial charge in [0, 0.05) is 39.1 Å². The third-order valence-corrected chi connectivity index (χ3v) is 4.10. The predicted molar refractivity (Wildman–Crippen MR) is 82.3 cm³/mol. The van der Waals surface area contributed by atoms with Gasteiger partial charge < -0.3 is 10.1 Å². The van der Waals surface area contributed by atoms with E-state index in [1.807, 2.05) is 16.9 Å². The minimum atomic E-state index is -0.176. The van der Waals surface area contributed by atoms with Gasteiger partial charge in [-0.25, -0.2) is 4.79 Å². The van der Waals surface area contributed by atoms with Crippen molar-refractivity contribution in [2.75, 3.05) is 25.6 Å². The van der Waals surface area contributed by atoms with Crippen LogP contribution in [0.1, 0.15) is 39.0 Å². The first kappa shape index (κ1) is 15.8. The average Bonchev–Trinajstić information content (AvgIpc) is 3.07. The topological polar surface area (TPSA) is 68.2 Å². The highest BCUT2D eigenvalue weighted by molar-refractivity contribution is 5.88. The van der Waals surface area contributed by atoms with Crippen molar-refractivity contribution in [3.05, 3.63) is 12.3 Å². The minimum Gasteiger partial charge on any atom is -0.385 e. The first-order valence-corrected chi connectivity index (χ1v) is 7.69. The molecule has 21 heavy (non-hydrogen) atoms. The number of aromatic nitrogens is 2. The fraction of sp³-hybridized carbons (Fsp3) is 0.733. The quantitative estimate of drug-likeness (QED) is 0.760. The molecule has 0 aliphatic heterocycles. The average molecular weight is 294 g/mol. The van der Waals surface area contributed by atoms with Crippen LogP contribution >= 0.6 is 0 Å².